The molecule has 0 fully saturated rings. The van der Waals surface area contributed by atoms with Crippen LogP contribution < -0.4 is 10.4 Å². The Morgan fingerprint density at radius 2 is 1.69 bits per heavy atom. The third-order valence-electron chi connectivity index (χ3n) is 5.71. The summed E-state index contributed by atoms with van der Waals surface area (Å²) in [5, 5.41) is 3.23. The molecule has 0 unspecified atom stereocenters. The van der Waals surface area contributed by atoms with Gasteiger partial charge in [-0.15, -0.1) is 11.3 Å². The summed E-state index contributed by atoms with van der Waals surface area (Å²) < 4.78 is 11.1. The quantitative estimate of drug-likeness (QED) is 0.156. The predicted molar refractivity (Wildman–Crippen MR) is 139 cm³/mol. The van der Waals surface area contributed by atoms with Gasteiger partial charge in [0.15, 0.2) is 0 Å². The van der Waals surface area contributed by atoms with E-state index in [0.717, 1.165) is 16.8 Å². The van der Waals surface area contributed by atoms with Gasteiger partial charge in [-0.1, -0.05) is 63.2 Å². The highest BCUT2D eigenvalue weighted by atomic mass is 32.1. The SMILES string of the molecule is CC(C)(C)c1ccc(C(=O)Oc2ccc3cc(-c4nc(-c5ccccc5)cs4)c(=O)oc3c2)cc1. The van der Waals surface area contributed by atoms with Gasteiger partial charge in [0.25, 0.3) is 0 Å². The van der Waals surface area contributed by atoms with Crippen LogP contribution in [-0.4, -0.2) is 11.0 Å². The van der Waals surface area contributed by atoms with E-state index in [-0.39, 0.29) is 5.41 Å². The molecule has 6 heteroatoms. The number of hydrogen-bond donors (Lipinski definition) is 0. The van der Waals surface area contributed by atoms with Crippen LogP contribution in [0.4, 0.5) is 0 Å². The fourth-order valence-corrected chi connectivity index (χ4v) is 4.55. The van der Waals surface area contributed by atoms with Crippen LogP contribution in [0.3, 0.4) is 0 Å². The molecule has 0 radical (unpaired) electrons. The molecule has 0 saturated carbocycles. The molecule has 0 aliphatic carbocycles. The first-order valence-electron chi connectivity index (χ1n) is 11.2. The van der Waals surface area contributed by atoms with Crippen LogP contribution in [0.25, 0.3) is 32.8 Å². The Balaban J connectivity index is 1.39. The molecule has 174 valence electrons. The number of aromatic nitrogens is 1. The maximum Gasteiger partial charge on any atom is 0.346 e. The number of thiazole rings is 1. The average Bonchev–Trinajstić information content (AvgIpc) is 3.34. The average molecular weight is 482 g/mol. The fraction of sp³-hybridized carbons (Fsp3) is 0.138. The zero-order valence-electron chi connectivity index (χ0n) is 19.6. The van der Waals surface area contributed by atoms with Crippen molar-refractivity contribution in [3.05, 3.63) is 106 Å². The Morgan fingerprint density at radius 1 is 0.943 bits per heavy atom. The lowest BCUT2D eigenvalue weighted by Gasteiger charge is -2.18. The Labute approximate surface area is 206 Å². The molecule has 35 heavy (non-hydrogen) atoms. The third-order valence-corrected chi connectivity index (χ3v) is 6.58. The van der Waals surface area contributed by atoms with E-state index < -0.39 is 11.6 Å². The maximum absolute atomic E-state index is 12.7. The predicted octanol–water partition coefficient (Wildman–Crippen LogP) is 7.10. The topological polar surface area (TPSA) is 69.4 Å². The second kappa shape index (κ2) is 8.96. The molecule has 0 bridgehead atoms. The molecular formula is C29H23NO4S. The van der Waals surface area contributed by atoms with Crippen LogP contribution >= 0.6 is 11.3 Å². The second-order valence-corrected chi connectivity index (χ2v) is 10.1. The summed E-state index contributed by atoms with van der Waals surface area (Å²) in [6, 6.07) is 23.9. The number of carbonyl (C=O) groups excluding carboxylic acids is 1. The zero-order chi connectivity index (χ0) is 24.6. The minimum Gasteiger partial charge on any atom is -0.423 e. The number of ether oxygens (including phenoxy) is 1. The summed E-state index contributed by atoms with van der Waals surface area (Å²) >= 11 is 1.39. The van der Waals surface area contributed by atoms with E-state index in [1.807, 2.05) is 47.8 Å². The molecule has 2 aromatic heterocycles. The first-order valence-corrected chi connectivity index (χ1v) is 12.1. The number of hydrogen-bond acceptors (Lipinski definition) is 6. The van der Waals surface area contributed by atoms with Crippen molar-refractivity contribution in [2.24, 2.45) is 0 Å². The fourth-order valence-electron chi connectivity index (χ4n) is 3.72. The Kier molecular flexibility index (Phi) is 5.83. The van der Waals surface area contributed by atoms with E-state index in [2.05, 4.69) is 25.8 Å². The van der Waals surface area contributed by atoms with Crippen molar-refractivity contribution in [2.75, 3.05) is 0 Å². The molecule has 0 atom stereocenters. The number of fused-ring (bicyclic) bond motifs is 1. The van der Waals surface area contributed by atoms with Gasteiger partial charge in [0.2, 0.25) is 0 Å². The van der Waals surface area contributed by atoms with E-state index >= 15 is 0 Å². The number of benzene rings is 3. The number of nitrogens with zero attached hydrogens (tertiary/aromatic N) is 1. The normalized spacial score (nSPS) is 11.5. The molecule has 0 aliphatic rings. The molecule has 0 N–H and O–H groups in total. The van der Waals surface area contributed by atoms with Crippen molar-refractivity contribution in [1.29, 1.82) is 0 Å². The summed E-state index contributed by atoms with van der Waals surface area (Å²) in [7, 11) is 0. The summed E-state index contributed by atoms with van der Waals surface area (Å²) in [5.41, 5.74) is 3.62. The molecule has 0 amide bonds. The van der Waals surface area contributed by atoms with Gasteiger partial charge >= 0.3 is 11.6 Å². The van der Waals surface area contributed by atoms with Gasteiger partial charge in [-0.3, -0.25) is 0 Å². The van der Waals surface area contributed by atoms with Gasteiger partial charge in [-0.05, 0) is 41.3 Å². The van der Waals surface area contributed by atoms with Crippen LogP contribution in [0.15, 0.2) is 93.5 Å². The van der Waals surface area contributed by atoms with Crippen LogP contribution in [-0.2, 0) is 5.41 Å². The smallest absolute Gasteiger partial charge is 0.346 e. The summed E-state index contributed by atoms with van der Waals surface area (Å²) in [6.45, 7) is 6.35. The molecule has 0 aliphatic heterocycles. The molecule has 5 rings (SSSR count). The summed E-state index contributed by atoms with van der Waals surface area (Å²) in [6.07, 6.45) is 0. The van der Waals surface area contributed by atoms with Gasteiger partial charge in [-0.25, -0.2) is 14.6 Å². The van der Waals surface area contributed by atoms with E-state index in [1.54, 1.807) is 36.4 Å². The van der Waals surface area contributed by atoms with Crippen molar-refractivity contribution in [3.8, 4) is 27.6 Å². The van der Waals surface area contributed by atoms with Crippen LogP contribution in [0, 0.1) is 0 Å². The van der Waals surface area contributed by atoms with Crippen LogP contribution in [0.2, 0.25) is 0 Å². The standard InChI is InChI=1S/C29H23NO4S/c1-29(2,3)21-12-9-19(10-13-21)27(31)33-22-14-11-20-15-23(28(32)34-25(20)16-22)26-30-24(17-35-26)18-7-5-4-6-8-18/h4-17H,1-3H3. The Hall–Kier alpha value is -4.03. The van der Waals surface area contributed by atoms with Gasteiger partial charge in [0.1, 0.15) is 16.3 Å². The van der Waals surface area contributed by atoms with Crippen molar-refractivity contribution in [2.45, 2.75) is 26.2 Å². The summed E-state index contributed by atoms with van der Waals surface area (Å²) in [4.78, 5) is 30.0. The van der Waals surface area contributed by atoms with Gasteiger partial charge in [-0.2, -0.15) is 0 Å². The Morgan fingerprint density at radius 3 is 2.40 bits per heavy atom. The van der Waals surface area contributed by atoms with Crippen molar-refractivity contribution >= 4 is 28.3 Å². The van der Waals surface area contributed by atoms with Gasteiger partial charge < -0.3 is 9.15 Å². The van der Waals surface area contributed by atoms with Gasteiger partial charge in [0, 0.05) is 22.4 Å². The molecule has 3 aromatic carbocycles. The van der Waals surface area contributed by atoms with E-state index in [4.69, 9.17) is 9.15 Å². The molecular weight excluding hydrogens is 458 g/mol. The zero-order valence-corrected chi connectivity index (χ0v) is 20.4. The molecule has 0 spiro atoms. The monoisotopic (exact) mass is 481 g/mol. The second-order valence-electron chi connectivity index (χ2n) is 9.27. The van der Waals surface area contributed by atoms with Gasteiger partial charge in [0.05, 0.1) is 16.8 Å². The minimum atomic E-state index is -0.493. The number of rotatable bonds is 4. The van der Waals surface area contributed by atoms with E-state index in [9.17, 15) is 9.59 Å². The van der Waals surface area contributed by atoms with E-state index in [0.29, 0.717) is 32.9 Å². The van der Waals surface area contributed by atoms with Crippen LogP contribution in [0.1, 0.15) is 36.7 Å². The molecule has 5 aromatic rings. The lowest BCUT2D eigenvalue weighted by atomic mass is 9.87. The maximum atomic E-state index is 12.7. The Bertz CT molecular complexity index is 1580. The molecule has 2 heterocycles. The van der Waals surface area contributed by atoms with Crippen molar-refractivity contribution in [1.82, 2.24) is 4.98 Å². The largest absolute Gasteiger partial charge is 0.423 e. The summed E-state index contributed by atoms with van der Waals surface area (Å²) in [5.74, 6) is -0.168. The lowest BCUT2D eigenvalue weighted by molar-refractivity contribution is 0.0735. The number of carbonyl (C=O) groups is 1. The highest BCUT2D eigenvalue weighted by Gasteiger charge is 2.17. The first-order chi connectivity index (χ1) is 16.8. The highest BCUT2D eigenvalue weighted by molar-refractivity contribution is 7.13. The van der Waals surface area contributed by atoms with Crippen LogP contribution in [0.5, 0.6) is 5.75 Å². The third kappa shape index (κ3) is 4.79. The lowest BCUT2D eigenvalue weighted by Crippen LogP contribution is -2.13. The highest BCUT2D eigenvalue weighted by Crippen LogP contribution is 2.30. The first kappa shape index (κ1) is 22.7. The molecule has 0 saturated heterocycles. The number of esters is 1. The minimum absolute atomic E-state index is 0.00107. The van der Waals surface area contributed by atoms with Crippen molar-refractivity contribution in [3.63, 3.8) is 0 Å². The van der Waals surface area contributed by atoms with E-state index in [1.165, 1.54) is 11.3 Å². The molecule has 5 nitrogen and oxygen atoms in total. The van der Waals surface area contributed by atoms with Crippen molar-refractivity contribution < 1.29 is 13.9 Å².